The van der Waals surface area contributed by atoms with Crippen molar-refractivity contribution in [1.29, 1.82) is 0 Å². The van der Waals surface area contributed by atoms with Gasteiger partial charge in [0.15, 0.2) is 0 Å². The summed E-state index contributed by atoms with van der Waals surface area (Å²) in [5.41, 5.74) is 0.921. The van der Waals surface area contributed by atoms with Gasteiger partial charge in [-0.2, -0.15) is 0 Å². The first-order valence-corrected chi connectivity index (χ1v) is 6.54. The fourth-order valence-electron chi connectivity index (χ4n) is 3.38. The van der Waals surface area contributed by atoms with Crippen LogP contribution in [0.15, 0.2) is 18.6 Å². The van der Waals surface area contributed by atoms with E-state index in [0.29, 0.717) is 0 Å². The van der Waals surface area contributed by atoms with Gasteiger partial charge in [-0.15, -0.1) is 0 Å². The van der Waals surface area contributed by atoms with Gasteiger partial charge in [-0.25, -0.2) is 9.97 Å². The number of hydrogen-bond donors (Lipinski definition) is 2. The highest BCUT2D eigenvalue weighted by Gasteiger charge is 2.52. The minimum Gasteiger partial charge on any atom is -0.359 e. The maximum Gasteiger partial charge on any atom is 0.142 e. The summed E-state index contributed by atoms with van der Waals surface area (Å²) in [6, 6.07) is 2.05. The second-order valence-electron chi connectivity index (χ2n) is 5.47. The Labute approximate surface area is 106 Å². The summed E-state index contributed by atoms with van der Waals surface area (Å²) in [5.74, 6) is 3.69. The van der Waals surface area contributed by atoms with E-state index in [4.69, 9.17) is 0 Å². The molecule has 18 heavy (non-hydrogen) atoms. The van der Waals surface area contributed by atoms with E-state index in [-0.39, 0.29) is 0 Å². The van der Waals surface area contributed by atoms with Crippen LogP contribution in [0.1, 0.15) is 0 Å². The van der Waals surface area contributed by atoms with Crippen molar-refractivity contribution >= 4 is 16.9 Å². The van der Waals surface area contributed by atoms with Crippen LogP contribution in [0.2, 0.25) is 0 Å². The van der Waals surface area contributed by atoms with Gasteiger partial charge in [0.1, 0.15) is 17.8 Å². The Balaban J connectivity index is 1.57. The zero-order valence-corrected chi connectivity index (χ0v) is 10.4. The Morgan fingerprint density at radius 2 is 2.17 bits per heavy atom. The van der Waals surface area contributed by atoms with Crippen LogP contribution in [0, 0.1) is 17.8 Å². The zero-order valence-electron chi connectivity index (χ0n) is 10.4. The van der Waals surface area contributed by atoms with Crippen LogP contribution < -0.4 is 10.2 Å². The van der Waals surface area contributed by atoms with Crippen molar-refractivity contribution in [2.75, 3.05) is 31.6 Å². The Morgan fingerprint density at radius 3 is 3.00 bits per heavy atom. The molecular formula is C13H17N5. The minimum atomic E-state index is 0.847. The first-order chi connectivity index (χ1) is 8.84. The third kappa shape index (κ3) is 1.43. The number of hydrogen-bond acceptors (Lipinski definition) is 4. The number of piperidine rings is 1. The number of aromatic amines is 1. The third-order valence-electron chi connectivity index (χ3n) is 4.45. The molecule has 1 saturated carbocycles. The summed E-state index contributed by atoms with van der Waals surface area (Å²) in [6.07, 6.45) is 3.56. The molecule has 1 aliphatic carbocycles. The van der Waals surface area contributed by atoms with Crippen LogP contribution in [-0.4, -0.2) is 41.6 Å². The quantitative estimate of drug-likeness (QED) is 0.839. The summed E-state index contributed by atoms with van der Waals surface area (Å²) in [5, 5.41) is 4.56. The van der Waals surface area contributed by atoms with E-state index in [1.54, 1.807) is 6.33 Å². The second-order valence-corrected chi connectivity index (χ2v) is 5.47. The maximum absolute atomic E-state index is 4.43. The number of aromatic nitrogens is 3. The van der Waals surface area contributed by atoms with Gasteiger partial charge in [0.2, 0.25) is 0 Å². The van der Waals surface area contributed by atoms with E-state index in [1.807, 2.05) is 6.20 Å². The molecule has 0 radical (unpaired) electrons. The van der Waals surface area contributed by atoms with Crippen molar-refractivity contribution in [3.05, 3.63) is 18.6 Å². The monoisotopic (exact) mass is 243 g/mol. The number of fused-ring (bicyclic) bond motifs is 2. The highest BCUT2D eigenvalue weighted by Crippen LogP contribution is 2.49. The largest absolute Gasteiger partial charge is 0.359 e. The number of nitrogens with one attached hydrogen (secondary N) is 2. The second kappa shape index (κ2) is 3.68. The lowest BCUT2D eigenvalue weighted by atomic mass is 10.2. The van der Waals surface area contributed by atoms with E-state index >= 15 is 0 Å². The van der Waals surface area contributed by atoms with Gasteiger partial charge in [0.25, 0.3) is 0 Å². The molecule has 0 bridgehead atoms. The Kier molecular flexibility index (Phi) is 2.11. The zero-order chi connectivity index (χ0) is 12.1. The summed E-state index contributed by atoms with van der Waals surface area (Å²) in [7, 11) is 2.14. The van der Waals surface area contributed by atoms with Crippen molar-refractivity contribution in [3.63, 3.8) is 0 Å². The SMILES string of the molecule is CN(CC1C2CNCC21)c1ncnc2[nH]ccc12. The first kappa shape index (κ1) is 10.3. The molecule has 2 aromatic heterocycles. The highest BCUT2D eigenvalue weighted by atomic mass is 15.2. The smallest absolute Gasteiger partial charge is 0.142 e. The maximum atomic E-state index is 4.43. The molecule has 94 valence electrons. The normalized spacial score (nSPS) is 29.5. The van der Waals surface area contributed by atoms with Crippen LogP contribution in [0.3, 0.4) is 0 Å². The van der Waals surface area contributed by atoms with Crippen molar-refractivity contribution in [2.24, 2.45) is 17.8 Å². The molecule has 0 spiro atoms. The third-order valence-corrected chi connectivity index (χ3v) is 4.45. The lowest BCUT2D eigenvalue weighted by Gasteiger charge is -2.19. The van der Waals surface area contributed by atoms with Crippen LogP contribution in [0.5, 0.6) is 0 Å². The minimum absolute atomic E-state index is 0.847. The number of anilines is 1. The van der Waals surface area contributed by atoms with Gasteiger partial charge in [0, 0.05) is 19.8 Å². The first-order valence-electron chi connectivity index (χ1n) is 6.54. The van der Waals surface area contributed by atoms with Gasteiger partial charge in [-0.05, 0) is 36.9 Å². The average Bonchev–Trinajstić information content (AvgIpc) is 2.82. The van der Waals surface area contributed by atoms with Gasteiger partial charge in [-0.3, -0.25) is 0 Å². The summed E-state index contributed by atoms with van der Waals surface area (Å²) in [6.45, 7) is 3.51. The molecule has 2 aromatic rings. The fraction of sp³-hybridized carbons (Fsp3) is 0.538. The van der Waals surface area contributed by atoms with Crippen LogP contribution >= 0.6 is 0 Å². The Bertz CT molecular complexity index is 568. The van der Waals surface area contributed by atoms with Crippen molar-refractivity contribution < 1.29 is 0 Å². The number of nitrogens with zero attached hydrogens (tertiary/aromatic N) is 3. The van der Waals surface area contributed by atoms with Gasteiger partial charge < -0.3 is 15.2 Å². The predicted molar refractivity (Wildman–Crippen MR) is 70.5 cm³/mol. The Hall–Kier alpha value is -1.62. The Morgan fingerprint density at radius 1 is 1.33 bits per heavy atom. The van der Waals surface area contributed by atoms with E-state index < -0.39 is 0 Å². The average molecular weight is 243 g/mol. The molecule has 4 rings (SSSR count). The summed E-state index contributed by atoms with van der Waals surface area (Å²) >= 11 is 0. The van der Waals surface area contributed by atoms with Crippen molar-refractivity contribution in [3.8, 4) is 0 Å². The van der Waals surface area contributed by atoms with Gasteiger partial charge in [-0.1, -0.05) is 0 Å². The summed E-state index contributed by atoms with van der Waals surface area (Å²) in [4.78, 5) is 14.1. The molecule has 0 aromatic carbocycles. The van der Waals surface area contributed by atoms with Gasteiger partial charge in [0.05, 0.1) is 5.39 Å². The molecule has 2 unspecified atom stereocenters. The molecule has 2 N–H and O–H groups in total. The van der Waals surface area contributed by atoms with Crippen molar-refractivity contribution in [1.82, 2.24) is 20.3 Å². The molecule has 2 atom stereocenters. The molecule has 2 fully saturated rings. The number of H-pyrrole nitrogens is 1. The van der Waals surface area contributed by atoms with E-state index in [0.717, 1.165) is 41.1 Å². The fourth-order valence-corrected chi connectivity index (χ4v) is 3.38. The molecule has 0 amide bonds. The van der Waals surface area contributed by atoms with E-state index in [9.17, 15) is 0 Å². The van der Waals surface area contributed by atoms with E-state index in [2.05, 4.69) is 38.3 Å². The highest BCUT2D eigenvalue weighted by molar-refractivity contribution is 5.87. The lowest BCUT2D eigenvalue weighted by molar-refractivity contribution is 0.591. The standard InChI is InChI=1S/C13H17N5/c1-18(6-11-9-4-14-5-10(9)11)13-8-2-3-15-12(8)16-7-17-13/h2-3,7,9-11,14H,4-6H2,1H3,(H,15,16,17). The molecule has 2 aliphatic rings. The van der Waals surface area contributed by atoms with Crippen LogP contribution in [-0.2, 0) is 0 Å². The molecule has 1 aliphatic heterocycles. The predicted octanol–water partition coefficient (Wildman–Crippen LogP) is 0.859. The summed E-state index contributed by atoms with van der Waals surface area (Å²) < 4.78 is 0. The van der Waals surface area contributed by atoms with E-state index in [1.165, 1.54) is 13.1 Å². The topological polar surface area (TPSA) is 56.8 Å². The van der Waals surface area contributed by atoms with Crippen molar-refractivity contribution in [2.45, 2.75) is 0 Å². The molecular weight excluding hydrogens is 226 g/mol. The van der Waals surface area contributed by atoms with Crippen LogP contribution in [0.25, 0.3) is 11.0 Å². The van der Waals surface area contributed by atoms with Gasteiger partial charge >= 0.3 is 0 Å². The number of rotatable bonds is 3. The molecule has 3 heterocycles. The van der Waals surface area contributed by atoms with Crippen LogP contribution in [0.4, 0.5) is 5.82 Å². The lowest BCUT2D eigenvalue weighted by Crippen LogP contribution is -2.26. The molecule has 5 nitrogen and oxygen atoms in total. The molecule has 1 saturated heterocycles. The molecule has 5 heteroatoms.